The molecule has 1 amide bonds. The van der Waals surface area contributed by atoms with Gasteiger partial charge in [-0.15, -0.1) is 0 Å². The second kappa shape index (κ2) is 12.8. The molecule has 4 aromatic rings. The van der Waals surface area contributed by atoms with Crippen LogP contribution in [0.3, 0.4) is 0 Å². The summed E-state index contributed by atoms with van der Waals surface area (Å²) in [6.07, 6.45) is 8.85. The summed E-state index contributed by atoms with van der Waals surface area (Å²) in [6, 6.07) is 6.27. The van der Waals surface area contributed by atoms with E-state index in [2.05, 4.69) is 46.1 Å². The summed E-state index contributed by atoms with van der Waals surface area (Å²) in [4.78, 5) is 29.0. The number of aromatic amines is 1. The maximum Gasteiger partial charge on any atom is 0.319 e. The van der Waals surface area contributed by atoms with Gasteiger partial charge in [0.1, 0.15) is 17.4 Å². The average Bonchev–Trinajstić information content (AvgIpc) is 3.56. The highest BCUT2D eigenvalue weighted by Gasteiger charge is 2.46. The van der Waals surface area contributed by atoms with Gasteiger partial charge in [-0.05, 0) is 69.0 Å². The van der Waals surface area contributed by atoms with E-state index < -0.39 is 0 Å². The molecule has 0 aliphatic carbocycles. The number of ether oxygens (including phenoxy) is 2. The van der Waals surface area contributed by atoms with E-state index in [4.69, 9.17) is 31.0 Å². The zero-order valence-corrected chi connectivity index (χ0v) is 28.0. The lowest BCUT2D eigenvalue weighted by Gasteiger charge is -2.54. The first-order valence-electron chi connectivity index (χ1n) is 16.7. The summed E-state index contributed by atoms with van der Waals surface area (Å²) in [5.41, 5.74) is 4.20. The highest BCUT2D eigenvalue weighted by molar-refractivity contribution is 6.35. The molecule has 2 aromatic heterocycles. The number of carbonyl (C=O) groups excluding carboxylic acids is 1. The standard InChI is InChI=1S/C36H42ClN7O3/c1-5-23-19-25-32(33(46-8-4)30(23)31-26-20-38-41-28(26)10-9-27(31)37)39-35(47-24-11-15-42(7-3)16-12-24)40-34(25)43-17-13-36(14-18-43)21-44(22-36)29(45)6-2/h5-6,9-10,19-20,24H,1-2,7-8,11-18,21-22H2,3-4H3,(H,38,41). The van der Waals surface area contributed by atoms with Gasteiger partial charge >= 0.3 is 6.01 Å². The van der Waals surface area contributed by atoms with Gasteiger partial charge in [-0.2, -0.15) is 15.1 Å². The van der Waals surface area contributed by atoms with E-state index in [1.807, 2.05) is 30.0 Å². The number of aromatic nitrogens is 4. The van der Waals surface area contributed by atoms with Crippen molar-refractivity contribution in [3.05, 3.63) is 54.2 Å². The Hall–Kier alpha value is -4.15. The molecule has 5 heterocycles. The van der Waals surface area contributed by atoms with Crippen molar-refractivity contribution in [2.45, 2.75) is 45.6 Å². The van der Waals surface area contributed by atoms with E-state index in [1.54, 1.807) is 6.20 Å². The maximum absolute atomic E-state index is 12.2. The largest absolute Gasteiger partial charge is 0.491 e. The maximum atomic E-state index is 12.2. The third kappa shape index (κ3) is 5.71. The van der Waals surface area contributed by atoms with Gasteiger partial charge in [0.25, 0.3) is 0 Å². The van der Waals surface area contributed by atoms with Gasteiger partial charge < -0.3 is 24.2 Å². The van der Waals surface area contributed by atoms with Crippen LogP contribution in [0.5, 0.6) is 11.8 Å². The van der Waals surface area contributed by atoms with Crippen molar-refractivity contribution in [1.29, 1.82) is 0 Å². The lowest BCUT2D eigenvalue weighted by Crippen LogP contribution is -2.61. The molecular weight excluding hydrogens is 614 g/mol. The van der Waals surface area contributed by atoms with Crippen LogP contribution in [0, 0.1) is 5.41 Å². The molecule has 11 heteroatoms. The fraction of sp³-hybridized carbons (Fsp3) is 0.444. The van der Waals surface area contributed by atoms with Gasteiger partial charge in [-0.1, -0.05) is 37.8 Å². The van der Waals surface area contributed by atoms with E-state index in [9.17, 15) is 4.79 Å². The Morgan fingerprint density at radius 1 is 1.09 bits per heavy atom. The molecule has 2 aromatic carbocycles. The Labute approximate surface area is 280 Å². The summed E-state index contributed by atoms with van der Waals surface area (Å²) < 4.78 is 13.1. The number of fused-ring (bicyclic) bond motifs is 2. The van der Waals surface area contributed by atoms with Crippen LogP contribution in [0.25, 0.3) is 39.0 Å². The predicted molar refractivity (Wildman–Crippen MR) is 187 cm³/mol. The summed E-state index contributed by atoms with van der Waals surface area (Å²) in [5.74, 6) is 1.46. The molecule has 3 saturated heterocycles. The highest BCUT2D eigenvalue weighted by atomic mass is 35.5. The molecule has 0 radical (unpaired) electrons. The van der Waals surface area contributed by atoms with E-state index in [-0.39, 0.29) is 17.4 Å². The van der Waals surface area contributed by atoms with Crippen LogP contribution >= 0.6 is 11.6 Å². The first kappa shape index (κ1) is 31.4. The van der Waals surface area contributed by atoms with Crippen LogP contribution in [-0.4, -0.2) is 94.4 Å². The zero-order valence-electron chi connectivity index (χ0n) is 27.2. The molecule has 0 bridgehead atoms. The minimum Gasteiger partial charge on any atom is -0.491 e. The summed E-state index contributed by atoms with van der Waals surface area (Å²) in [7, 11) is 0. The average molecular weight is 656 g/mol. The van der Waals surface area contributed by atoms with E-state index in [0.717, 1.165) is 110 Å². The van der Waals surface area contributed by atoms with E-state index >= 15 is 0 Å². The van der Waals surface area contributed by atoms with Gasteiger partial charge in [-0.25, -0.2) is 0 Å². The van der Waals surface area contributed by atoms with E-state index in [1.165, 1.54) is 6.08 Å². The Bertz CT molecular complexity index is 1830. The molecule has 0 atom stereocenters. The van der Waals surface area contributed by atoms with Gasteiger partial charge in [0.2, 0.25) is 5.91 Å². The van der Waals surface area contributed by atoms with Crippen LogP contribution in [-0.2, 0) is 4.79 Å². The minimum atomic E-state index is 0.00818. The second-order valence-electron chi connectivity index (χ2n) is 12.9. The predicted octanol–water partition coefficient (Wildman–Crippen LogP) is 6.35. The molecule has 1 N–H and O–H groups in total. The zero-order chi connectivity index (χ0) is 32.7. The van der Waals surface area contributed by atoms with Crippen molar-refractivity contribution >= 4 is 51.2 Å². The molecule has 7 rings (SSSR count). The number of hydrogen-bond donors (Lipinski definition) is 1. The smallest absolute Gasteiger partial charge is 0.319 e. The number of nitrogens with zero attached hydrogens (tertiary/aromatic N) is 6. The Balaban J connectivity index is 1.34. The molecule has 246 valence electrons. The SMILES string of the molecule is C=CC(=O)N1CC2(CCN(c3nc(OC4CCN(CC)CC4)nc4c(OCC)c(-c5c(Cl)ccc6[nH]ncc56)c(C=C)cc34)CC2)C1. The molecule has 10 nitrogen and oxygen atoms in total. The summed E-state index contributed by atoms with van der Waals surface area (Å²) in [6.45, 7) is 18.6. The Morgan fingerprint density at radius 2 is 1.85 bits per heavy atom. The summed E-state index contributed by atoms with van der Waals surface area (Å²) in [5, 5.41) is 9.72. The van der Waals surface area contributed by atoms with Crippen molar-refractivity contribution in [3.8, 4) is 22.9 Å². The van der Waals surface area contributed by atoms with Crippen molar-refractivity contribution < 1.29 is 14.3 Å². The normalized spacial score (nSPS) is 18.4. The van der Waals surface area contributed by atoms with Crippen LogP contribution in [0.15, 0.2) is 43.6 Å². The number of carbonyl (C=O) groups is 1. The molecule has 0 saturated carbocycles. The first-order valence-corrected chi connectivity index (χ1v) is 17.1. The van der Waals surface area contributed by atoms with Crippen LogP contribution in [0.1, 0.15) is 45.1 Å². The fourth-order valence-electron chi connectivity index (χ4n) is 7.51. The number of amides is 1. The molecule has 3 aliphatic rings. The number of benzene rings is 2. The number of piperidine rings is 2. The molecular formula is C36H42ClN7O3. The number of nitrogens with one attached hydrogen (secondary N) is 1. The molecule has 47 heavy (non-hydrogen) atoms. The molecule has 1 spiro atoms. The first-order chi connectivity index (χ1) is 22.9. The Kier molecular flexibility index (Phi) is 8.57. The van der Waals surface area contributed by atoms with Crippen LogP contribution in [0.2, 0.25) is 5.02 Å². The Morgan fingerprint density at radius 3 is 2.53 bits per heavy atom. The third-order valence-corrected chi connectivity index (χ3v) is 10.5. The second-order valence-corrected chi connectivity index (χ2v) is 13.3. The van der Waals surface area contributed by atoms with Gasteiger partial charge in [0, 0.05) is 71.6 Å². The van der Waals surface area contributed by atoms with Gasteiger partial charge in [-0.3, -0.25) is 9.89 Å². The quantitative estimate of drug-likeness (QED) is 0.209. The lowest BCUT2D eigenvalue weighted by molar-refractivity contribution is -0.139. The van der Waals surface area contributed by atoms with Gasteiger partial charge in [0.15, 0.2) is 5.75 Å². The van der Waals surface area contributed by atoms with Crippen molar-refractivity contribution in [1.82, 2.24) is 30.0 Å². The number of halogens is 1. The highest BCUT2D eigenvalue weighted by Crippen LogP contribution is 2.48. The van der Waals surface area contributed by atoms with Crippen molar-refractivity contribution in [2.24, 2.45) is 5.41 Å². The summed E-state index contributed by atoms with van der Waals surface area (Å²) >= 11 is 6.94. The monoisotopic (exact) mass is 655 g/mol. The number of likely N-dealkylation sites (tertiary alicyclic amines) is 2. The van der Waals surface area contributed by atoms with Gasteiger partial charge in [0.05, 0.1) is 18.3 Å². The number of hydrogen-bond acceptors (Lipinski definition) is 8. The fourth-order valence-corrected chi connectivity index (χ4v) is 7.77. The molecule has 3 fully saturated rings. The van der Waals surface area contributed by atoms with Crippen molar-refractivity contribution in [2.75, 3.05) is 57.3 Å². The molecule has 3 aliphatic heterocycles. The number of anilines is 1. The lowest BCUT2D eigenvalue weighted by atomic mass is 9.72. The third-order valence-electron chi connectivity index (χ3n) is 10.2. The minimum absolute atomic E-state index is 0.00818. The topological polar surface area (TPSA) is 99.7 Å². The van der Waals surface area contributed by atoms with E-state index in [0.29, 0.717) is 28.9 Å². The molecule has 0 unspecified atom stereocenters. The van der Waals surface area contributed by atoms with Crippen LogP contribution in [0.4, 0.5) is 5.82 Å². The van der Waals surface area contributed by atoms with Crippen molar-refractivity contribution in [3.63, 3.8) is 0 Å². The number of H-pyrrole nitrogens is 1. The number of rotatable bonds is 9. The van der Waals surface area contributed by atoms with Crippen LogP contribution < -0.4 is 14.4 Å².